The van der Waals surface area contributed by atoms with Crippen molar-refractivity contribution in [3.63, 3.8) is 0 Å². The van der Waals surface area contributed by atoms with E-state index in [-0.39, 0.29) is 6.04 Å². The predicted octanol–water partition coefficient (Wildman–Crippen LogP) is 1.58. The van der Waals surface area contributed by atoms with Gasteiger partial charge in [-0.25, -0.2) is 0 Å². The molecule has 5 nitrogen and oxygen atoms in total. The SMILES string of the molecule is Cc1ccc(-c2noc(CN3CC[C@@H](N)C3)n2)cc1. The molecule has 2 heterocycles. The standard InChI is InChI=1S/C14H18N4O/c1-10-2-4-11(5-3-10)14-16-13(19-17-14)9-18-7-6-12(15)8-18/h2-5,12H,6-9,15H2,1H3/t12-/m1/s1. The molecule has 2 N–H and O–H groups in total. The molecule has 0 saturated carbocycles. The number of aromatic nitrogens is 2. The molecular formula is C14H18N4O. The Bertz CT molecular complexity index is 549. The lowest BCUT2D eigenvalue weighted by atomic mass is 10.1. The van der Waals surface area contributed by atoms with E-state index in [2.05, 4.69) is 22.0 Å². The third kappa shape index (κ3) is 2.83. The minimum absolute atomic E-state index is 0.277. The zero-order valence-corrected chi connectivity index (χ0v) is 11.0. The Balaban J connectivity index is 1.71. The molecule has 0 bridgehead atoms. The maximum atomic E-state index is 5.88. The van der Waals surface area contributed by atoms with Crippen molar-refractivity contribution in [3.05, 3.63) is 35.7 Å². The van der Waals surface area contributed by atoms with Crippen LogP contribution in [0.2, 0.25) is 0 Å². The summed E-state index contributed by atoms with van der Waals surface area (Å²) in [5.74, 6) is 1.31. The number of nitrogens with two attached hydrogens (primary N) is 1. The van der Waals surface area contributed by atoms with Crippen LogP contribution in [0.4, 0.5) is 0 Å². The molecule has 2 aromatic rings. The molecule has 1 fully saturated rings. The highest BCUT2D eigenvalue weighted by Gasteiger charge is 2.21. The molecule has 1 atom stereocenters. The van der Waals surface area contributed by atoms with Gasteiger partial charge < -0.3 is 10.3 Å². The Hall–Kier alpha value is -1.72. The van der Waals surface area contributed by atoms with Gasteiger partial charge in [0.15, 0.2) is 0 Å². The highest BCUT2D eigenvalue weighted by molar-refractivity contribution is 5.54. The Morgan fingerprint density at radius 1 is 1.37 bits per heavy atom. The number of likely N-dealkylation sites (tertiary alicyclic amines) is 1. The Morgan fingerprint density at radius 2 is 2.16 bits per heavy atom. The first-order valence-corrected chi connectivity index (χ1v) is 6.58. The highest BCUT2D eigenvalue weighted by atomic mass is 16.5. The van der Waals surface area contributed by atoms with Crippen LogP contribution in [-0.4, -0.2) is 34.2 Å². The van der Waals surface area contributed by atoms with Crippen LogP contribution in [-0.2, 0) is 6.54 Å². The van der Waals surface area contributed by atoms with Gasteiger partial charge in [-0.2, -0.15) is 4.98 Å². The molecule has 1 aromatic carbocycles. The maximum absolute atomic E-state index is 5.88. The van der Waals surface area contributed by atoms with Gasteiger partial charge in [0.25, 0.3) is 0 Å². The van der Waals surface area contributed by atoms with E-state index in [0.29, 0.717) is 18.3 Å². The van der Waals surface area contributed by atoms with E-state index < -0.39 is 0 Å². The molecule has 0 radical (unpaired) electrons. The van der Waals surface area contributed by atoms with Crippen molar-refractivity contribution >= 4 is 0 Å². The van der Waals surface area contributed by atoms with E-state index in [9.17, 15) is 0 Å². The van der Waals surface area contributed by atoms with Gasteiger partial charge in [-0.05, 0) is 13.3 Å². The van der Waals surface area contributed by atoms with Crippen molar-refractivity contribution in [1.29, 1.82) is 0 Å². The van der Waals surface area contributed by atoms with Crippen LogP contribution in [0.25, 0.3) is 11.4 Å². The van der Waals surface area contributed by atoms with Crippen LogP contribution in [0.1, 0.15) is 17.9 Å². The van der Waals surface area contributed by atoms with Gasteiger partial charge in [0.1, 0.15) is 0 Å². The molecule has 1 saturated heterocycles. The molecule has 5 heteroatoms. The number of hydrogen-bond donors (Lipinski definition) is 1. The topological polar surface area (TPSA) is 68.2 Å². The van der Waals surface area contributed by atoms with Crippen LogP contribution < -0.4 is 5.73 Å². The number of nitrogens with zero attached hydrogens (tertiary/aromatic N) is 3. The van der Waals surface area contributed by atoms with E-state index >= 15 is 0 Å². The van der Waals surface area contributed by atoms with Crippen LogP contribution >= 0.6 is 0 Å². The van der Waals surface area contributed by atoms with Gasteiger partial charge in [0.2, 0.25) is 11.7 Å². The number of aryl methyl sites for hydroxylation is 1. The molecule has 19 heavy (non-hydrogen) atoms. The van der Waals surface area contributed by atoms with Gasteiger partial charge in [0.05, 0.1) is 6.54 Å². The predicted molar refractivity (Wildman–Crippen MR) is 72.3 cm³/mol. The Morgan fingerprint density at radius 3 is 2.84 bits per heavy atom. The fourth-order valence-electron chi connectivity index (χ4n) is 2.34. The second-order valence-corrected chi connectivity index (χ2v) is 5.16. The molecule has 100 valence electrons. The van der Waals surface area contributed by atoms with Gasteiger partial charge in [0, 0.05) is 24.7 Å². The number of hydrogen-bond acceptors (Lipinski definition) is 5. The zero-order chi connectivity index (χ0) is 13.2. The summed E-state index contributed by atoms with van der Waals surface area (Å²) in [6.45, 7) is 4.65. The molecule has 3 rings (SSSR count). The van der Waals surface area contributed by atoms with E-state index in [4.69, 9.17) is 10.3 Å². The monoisotopic (exact) mass is 258 g/mol. The van der Waals surface area contributed by atoms with E-state index in [1.165, 1.54) is 5.56 Å². The Kier molecular flexibility index (Phi) is 3.31. The van der Waals surface area contributed by atoms with E-state index in [1.807, 2.05) is 24.3 Å². The summed E-state index contributed by atoms with van der Waals surface area (Å²) < 4.78 is 5.30. The normalized spacial score (nSPS) is 20.0. The van der Waals surface area contributed by atoms with Crippen molar-refractivity contribution in [1.82, 2.24) is 15.0 Å². The molecule has 1 aliphatic rings. The summed E-state index contributed by atoms with van der Waals surface area (Å²) in [5.41, 5.74) is 8.09. The maximum Gasteiger partial charge on any atom is 0.241 e. The quantitative estimate of drug-likeness (QED) is 0.905. The largest absolute Gasteiger partial charge is 0.338 e. The van der Waals surface area contributed by atoms with Gasteiger partial charge in [-0.1, -0.05) is 35.0 Å². The third-order valence-electron chi connectivity index (χ3n) is 3.45. The van der Waals surface area contributed by atoms with E-state index in [1.54, 1.807) is 0 Å². The number of benzene rings is 1. The first-order chi connectivity index (χ1) is 9.20. The average Bonchev–Trinajstić information content (AvgIpc) is 3.00. The van der Waals surface area contributed by atoms with E-state index in [0.717, 1.165) is 25.1 Å². The summed E-state index contributed by atoms with van der Waals surface area (Å²) in [7, 11) is 0. The smallest absolute Gasteiger partial charge is 0.241 e. The number of rotatable bonds is 3. The molecule has 0 aliphatic carbocycles. The van der Waals surface area contributed by atoms with Gasteiger partial charge in [-0.15, -0.1) is 0 Å². The van der Waals surface area contributed by atoms with Crippen LogP contribution in [0, 0.1) is 6.92 Å². The first-order valence-electron chi connectivity index (χ1n) is 6.58. The third-order valence-corrected chi connectivity index (χ3v) is 3.45. The Labute approximate surface area is 112 Å². The minimum atomic E-state index is 0.277. The minimum Gasteiger partial charge on any atom is -0.338 e. The molecule has 0 unspecified atom stereocenters. The fraction of sp³-hybridized carbons (Fsp3) is 0.429. The molecular weight excluding hydrogens is 240 g/mol. The van der Waals surface area contributed by atoms with Crippen molar-refractivity contribution < 1.29 is 4.52 Å². The molecule has 1 aliphatic heterocycles. The molecule has 0 spiro atoms. The molecule has 1 aromatic heterocycles. The first kappa shape index (κ1) is 12.3. The van der Waals surface area contributed by atoms with Crippen LogP contribution in [0.15, 0.2) is 28.8 Å². The molecule has 0 amide bonds. The van der Waals surface area contributed by atoms with Crippen molar-refractivity contribution in [2.24, 2.45) is 5.73 Å². The lowest BCUT2D eigenvalue weighted by molar-refractivity contribution is 0.265. The van der Waals surface area contributed by atoms with Gasteiger partial charge in [-0.3, -0.25) is 4.90 Å². The summed E-state index contributed by atoms with van der Waals surface area (Å²) >= 11 is 0. The van der Waals surface area contributed by atoms with Crippen molar-refractivity contribution in [2.45, 2.75) is 25.9 Å². The second-order valence-electron chi connectivity index (χ2n) is 5.16. The summed E-state index contributed by atoms with van der Waals surface area (Å²) in [6, 6.07) is 8.39. The van der Waals surface area contributed by atoms with Crippen molar-refractivity contribution in [2.75, 3.05) is 13.1 Å². The van der Waals surface area contributed by atoms with Crippen LogP contribution in [0.3, 0.4) is 0 Å². The lowest BCUT2D eigenvalue weighted by Crippen LogP contribution is -2.26. The lowest BCUT2D eigenvalue weighted by Gasteiger charge is -2.10. The zero-order valence-electron chi connectivity index (χ0n) is 11.0. The highest BCUT2D eigenvalue weighted by Crippen LogP contribution is 2.18. The average molecular weight is 258 g/mol. The summed E-state index contributed by atoms with van der Waals surface area (Å²) in [6.07, 6.45) is 1.04. The second kappa shape index (κ2) is 5.11. The van der Waals surface area contributed by atoms with Crippen molar-refractivity contribution in [3.8, 4) is 11.4 Å². The van der Waals surface area contributed by atoms with Crippen LogP contribution in [0.5, 0.6) is 0 Å². The summed E-state index contributed by atoms with van der Waals surface area (Å²) in [4.78, 5) is 6.69. The summed E-state index contributed by atoms with van der Waals surface area (Å²) in [5, 5.41) is 4.03. The fourth-order valence-corrected chi connectivity index (χ4v) is 2.34. The van der Waals surface area contributed by atoms with Gasteiger partial charge >= 0.3 is 0 Å².